The zero-order valence-electron chi connectivity index (χ0n) is 7.16. The summed E-state index contributed by atoms with van der Waals surface area (Å²) in [6.45, 7) is 0. The minimum atomic E-state index is -0.771. The van der Waals surface area contributed by atoms with Crippen LogP contribution >= 0.6 is 0 Å². The number of aliphatic hydroxyl groups is 1. The highest BCUT2D eigenvalue weighted by Gasteiger charge is 2.00. The number of carbonyl (C=O) groups is 1. The standard InChI is InChI=1S/C8H8N4O2/c9-7(14)6(5-13)4-12-8-10-2-1-3-11-8/h1-5,13H,(H2,9,14)/b6-5+,12-4+. The highest BCUT2D eigenvalue weighted by atomic mass is 16.2. The Bertz CT molecular complexity index is 372. The summed E-state index contributed by atoms with van der Waals surface area (Å²) in [4.78, 5) is 21.9. The van der Waals surface area contributed by atoms with E-state index >= 15 is 0 Å². The van der Waals surface area contributed by atoms with Gasteiger partial charge in [-0.2, -0.15) is 0 Å². The van der Waals surface area contributed by atoms with Crippen LogP contribution < -0.4 is 5.73 Å². The van der Waals surface area contributed by atoms with Gasteiger partial charge in [0.25, 0.3) is 5.91 Å². The van der Waals surface area contributed by atoms with E-state index in [4.69, 9.17) is 10.8 Å². The van der Waals surface area contributed by atoms with Crippen molar-refractivity contribution in [3.63, 3.8) is 0 Å². The number of amides is 1. The van der Waals surface area contributed by atoms with Crippen molar-refractivity contribution in [2.24, 2.45) is 10.7 Å². The van der Waals surface area contributed by atoms with Gasteiger partial charge in [-0.05, 0) is 6.07 Å². The Labute approximate surface area is 79.8 Å². The number of nitrogens with zero attached hydrogens (tertiary/aromatic N) is 3. The van der Waals surface area contributed by atoms with Crippen LogP contribution in [0.3, 0.4) is 0 Å². The Balaban J connectivity index is 2.78. The molecule has 0 radical (unpaired) electrons. The maximum absolute atomic E-state index is 10.6. The lowest BCUT2D eigenvalue weighted by Crippen LogP contribution is -2.14. The van der Waals surface area contributed by atoms with Gasteiger partial charge in [0.05, 0.1) is 11.8 Å². The minimum absolute atomic E-state index is 0.113. The molecule has 0 unspecified atom stereocenters. The van der Waals surface area contributed by atoms with E-state index in [2.05, 4.69) is 15.0 Å². The van der Waals surface area contributed by atoms with E-state index < -0.39 is 5.91 Å². The molecule has 1 aromatic rings. The summed E-state index contributed by atoms with van der Waals surface area (Å²) in [7, 11) is 0. The SMILES string of the molecule is NC(=O)C(/C=N/c1ncccn1)=C/O. The summed E-state index contributed by atoms with van der Waals surface area (Å²) in [6, 6.07) is 1.63. The van der Waals surface area contributed by atoms with Crippen LogP contribution in [0.5, 0.6) is 0 Å². The van der Waals surface area contributed by atoms with Gasteiger partial charge in [-0.1, -0.05) is 0 Å². The number of carbonyl (C=O) groups excluding carboxylic acids is 1. The van der Waals surface area contributed by atoms with Crippen molar-refractivity contribution in [3.8, 4) is 0 Å². The van der Waals surface area contributed by atoms with E-state index in [1.54, 1.807) is 6.07 Å². The smallest absolute Gasteiger partial charge is 0.253 e. The van der Waals surface area contributed by atoms with Crippen molar-refractivity contribution in [3.05, 3.63) is 30.3 Å². The van der Waals surface area contributed by atoms with Gasteiger partial charge in [0.2, 0.25) is 5.95 Å². The van der Waals surface area contributed by atoms with Gasteiger partial charge >= 0.3 is 0 Å². The third-order valence-electron chi connectivity index (χ3n) is 1.29. The molecule has 1 rings (SSSR count). The van der Waals surface area contributed by atoms with Crippen molar-refractivity contribution < 1.29 is 9.90 Å². The van der Waals surface area contributed by atoms with Crippen molar-refractivity contribution in [1.29, 1.82) is 0 Å². The second-order valence-electron chi connectivity index (χ2n) is 2.26. The van der Waals surface area contributed by atoms with E-state index in [0.29, 0.717) is 6.26 Å². The second kappa shape index (κ2) is 4.70. The normalized spacial score (nSPS) is 11.9. The quantitative estimate of drug-likeness (QED) is 0.403. The van der Waals surface area contributed by atoms with Crippen LogP contribution in [0.2, 0.25) is 0 Å². The fraction of sp³-hybridized carbons (Fsp3) is 0. The van der Waals surface area contributed by atoms with Gasteiger partial charge in [0.1, 0.15) is 0 Å². The fourth-order valence-corrected chi connectivity index (χ4v) is 0.646. The number of aliphatic imine (C=N–C) groups is 1. The van der Waals surface area contributed by atoms with Crippen molar-refractivity contribution >= 4 is 18.1 Å². The molecule has 0 aliphatic heterocycles. The molecule has 0 saturated carbocycles. The van der Waals surface area contributed by atoms with E-state index in [0.717, 1.165) is 6.21 Å². The molecule has 0 atom stereocenters. The predicted molar refractivity (Wildman–Crippen MR) is 50.1 cm³/mol. The number of hydrogen-bond acceptors (Lipinski definition) is 5. The topological polar surface area (TPSA) is 101 Å². The molecule has 3 N–H and O–H groups in total. The van der Waals surface area contributed by atoms with Gasteiger partial charge in [-0.25, -0.2) is 15.0 Å². The van der Waals surface area contributed by atoms with Gasteiger partial charge in [0.15, 0.2) is 0 Å². The molecule has 1 aromatic heterocycles. The summed E-state index contributed by atoms with van der Waals surface area (Å²) in [5, 5.41) is 8.58. The molecule has 0 aliphatic carbocycles. The van der Waals surface area contributed by atoms with E-state index in [1.165, 1.54) is 12.4 Å². The lowest BCUT2D eigenvalue weighted by molar-refractivity contribution is -0.114. The first-order valence-electron chi connectivity index (χ1n) is 3.69. The van der Waals surface area contributed by atoms with Crippen LogP contribution in [0.1, 0.15) is 0 Å². The summed E-state index contributed by atoms with van der Waals surface area (Å²) >= 11 is 0. The molecule has 0 fully saturated rings. The van der Waals surface area contributed by atoms with E-state index in [9.17, 15) is 4.79 Å². The molecule has 0 saturated heterocycles. The van der Waals surface area contributed by atoms with Crippen LogP contribution in [-0.2, 0) is 4.79 Å². The number of primary amides is 1. The summed E-state index contributed by atoms with van der Waals surface area (Å²) in [6.07, 6.45) is 4.69. The summed E-state index contributed by atoms with van der Waals surface area (Å²) in [5.74, 6) is -0.583. The molecule has 0 spiro atoms. The van der Waals surface area contributed by atoms with Gasteiger partial charge in [0, 0.05) is 18.6 Å². The maximum Gasteiger partial charge on any atom is 0.253 e. The Morgan fingerprint density at radius 1 is 1.50 bits per heavy atom. The van der Waals surface area contributed by atoms with Crippen LogP contribution in [-0.4, -0.2) is 27.2 Å². The van der Waals surface area contributed by atoms with Gasteiger partial charge in [-0.3, -0.25) is 4.79 Å². The molecule has 6 heteroatoms. The van der Waals surface area contributed by atoms with Crippen molar-refractivity contribution in [2.45, 2.75) is 0 Å². The first kappa shape index (κ1) is 9.85. The van der Waals surface area contributed by atoms with Crippen molar-refractivity contribution in [2.75, 3.05) is 0 Å². The monoisotopic (exact) mass is 192 g/mol. The van der Waals surface area contributed by atoms with Gasteiger partial charge < -0.3 is 10.8 Å². The minimum Gasteiger partial charge on any atom is -0.515 e. The molecular weight excluding hydrogens is 184 g/mol. The fourth-order valence-electron chi connectivity index (χ4n) is 0.646. The van der Waals surface area contributed by atoms with E-state index in [1.807, 2.05) is 0 Å². The molecule has 0 aliphatic rings. The molecular formula is C8H8N4O2. The second-order valence-corrected chi connectivity index (χ2v) is 2.26. The highest BCUT2D eigenvalue weighted by molar-refractivity contribution is 6.11. The average molecular weight is 192 g/mol. The number of aliphatic hydroxyl groups excluding tert-OH is 1. The Morgan fingerprint density at radius 2 is 2.14 bits per heavy atom. The number of hydrogen-bond donors (Lipinski definition) is 2. The lowest BCUT2D eigenvalue weighted by atomic mass is 10.3. The molecule has 14 heavy (non-hydrogen) atoms. The number of nitrogens with two attached hydrogens (primary N) is 1. The third-order valence-corrected chi connectivity index (χ3v) is 1.29. The first-order chi connectivity index (χ1) is 6.74. The molecule has 0 aromatic carbocycles. The Hall–Kier alpha value is -2.24. The van der Waals surface area contributed by atoms with Crippen LogP contribution in [0.25, 0.3) is 0 Å². The van der Waals surface area contributed by atoms with E-state index in [-0.39, 0.29) is 11.5 Å². The molecule has 1 amide bonds. The molecule has 6 nitrogen and oxygen atoms in total. The molecule has 72 valence electrons. The zero-order valence-corrected chi connectivity index (χ0v) is 7.16. The average Bonchev–Trinajstić information content (AvgIpc) is 2.20. The van der Waals surface area contributed by atoms with Crippen LogP contribution in [0, 0.1) is 0 Å². The predicted octanol–water partition coefficient (Wildman–Crippen LogP) is 0.106. The first-order valence-corrected chi connectivity index (χ1v) is 3.69. The molecule has 0 bridgehead atoms. The number of rotatable bonds is 3. The molecule has 1 heterocycles. The maximum atomic E-state index is 10.6. The van der Waals surface area contributed by atoms with Crippen molar-refractivity contribution in [1.82, 2.24) is 9.97 Å². The lowest BCUT2D eigenvalue weighted by Gasteiger charge is -1.91. The Morgan fingerprint density at radius 3 is 2.64 bits per heavy atom. The third kappa shape index (κ3) is 2.67. The van der Waals surface area contributed by atoms with Gasteiger partial charge in [-0.15, -0.1) is 0 Å². The number of aromatic nitrogens is 2. The Kier molecular flexibility index (Phi) is 3.31. The summed E-state index contributed by atoms with van der Waals surface area (Å²) < 4.78 is 0. The van der Waals surface area contributed by atoms with Crippen LogP contribution in [0.15, 0.2) is 35.3 Å². The summed E-state index contributed by atoms with van der Waals surface area (Å²) in [5.41, 5.74) is 4.80. The van der Waals surface area contributed by atoms with Crippen LogP contribution in [0.4, 0.5) is 5.95 Å². The zero-order chi connectivity index (χ0) is 10.4. The largest absolute Gasteiger partial charge is 0.515 e. The highest BCUT2D eigenvalue weighted by Crippen LogP contribution is 1.99.